The summed E-state index contributed by atoms with van der Waals surface area (Å²) in [4.78, 5) is 25.1. The van der Waals surface area contributed by atoms with Gasteiger partial charge in [-0.25, -0.2) is 0 Å². The molecule has 2 amide bonds. The number of nitrogens with one attached hydrogen (secondary N) is 1. The van der Waals surface area contributed by atoms with Gasteiger partial charge in [0.1, 0.15) is 11.5 Å². The zero-order valence-corrected chi connectivity index (χ0v) is 16.5. The summed E-state index contributed by atoms with van der Waals surface area (Å²) in [6.07, 6.45) is 0.178. The molecule has 0 saturated heterocycles. The van der Waals surface area contributed by atoms with E-state index in [4.69, 9.17) is 15.2 Å². The second-order valence-electron chi connectivity index (χ2n) is 6.64. The third-order valence-corrected chi connectivity index (χ3v) is 4.27. The third kappa shape index (κ3) is 6.59. The lowest BCUT2D eigenvalue weighted by atomic mass is 10.1. The Labute approximate surface area is 165 Å². The summed E-state index contributed by atoms with van der Waals surface area (Å²) in [6, 6.07) is 14.7. The van der Waals surface area contributed by atoms with Crippen LogP contribution in [-0.4, -0.2) is 51.1 Å². The molecule has 0 heterocycles. The number of ether oxygens (including phenoxy) is 2. The predicted molar refractivity (Wildman–Crippen MR) is 107 cm³/mol. The fraction of sp³-hybridized carbons (Fsp3) is 0.333. The van der Waals surface area contributed by atoms with Crippen molar-refractivity contribution in [2.45, 2.75) is 12.5 Å². The Hall–Kier alpha value is -3.06. The second-order valence-corrected chi connectivity index (χ2v) is 6.64. The van der Waals surface area contributed by atoms with E-state index in [0.717, 1.165) is 16.9 Å². The molecule has 2 aromatic rings. The van der Waals surface area contributed by atoms with Crippen LogP contribution < -0.4 is 20.5 Å². The van der Waals surface area contributed by atoms with Crippen molar-refractivity contribution in [2.75, 3.05) is 34.4 Å². The molecule has 2 rings (SSSR count). The standard InChI is InChI=1S/C21H27N3O4/c1-24(2)19(16-5-4-6-18(12-16)27-3)13-23-21(26)14-28-17-9-7-15(8-10-17)11-20(22)25/h4-10,12,19H,11,13-14H2,1-3H3,(H2,22,25)(H,23,26). The van der Waals surface area contributed by atoms with Crippen LogP contribution in [0.15, 0.2) is 48.5 Å². The maximum Gasteiger partial charge on any atom is 0.258 e. The largest absolute Gasteiger partial charge is 0.497 e. The first kappa shape index (κ1) is 21.2. The molecule has 7 heteroatoms. The summed E-state index contributed by atoms with van der Waals surface area (Å²) >= 11 is 0. The highest BCUT2D eigenvalue weighted by Gasteiger charge is 2.16. The van der Waals surface area contributed by atoms with Gasteiger partial charge < -0.3 is 25.4 Å². The first-order valence-electron chi connectivity index (χ1n) is 8.96. The number of rotatable bonds is 10. The molecule has 0 aliphatic carbocycles. The summed E-state index contributed by atoms with van der Waals surface area (Å²) in [5.74, 6) is 0.731. The Balaban J connectivity index is 1.86. The van der Waals surface area contributed by atoms with Crippen molar-refractivity contribution in [3.05, 3.63) is 59.7 Å². The van der Waals surface area contributed by atoms with Crippen molar-refractivity contribution in [1.82, 2.24) is 10.2 Å². The number of methoxy groups -OCH3 is 1. The van der Waals surface area contributed by atoms with E-state index in [1.807, 2.05) is 43.3 Å². The monoisotopic (exact) mass is 385 g/mol. The number of hydrogen-bond acceptors (Lipinski definition) is 5. The van der Waals surface area contributed by atoms with E-state index in [9.17, 15) is 9.59 Å². The average molecular weight is 385 g/mol. The van der Waals surface area contributed by atoms with E-state index in [0.29, 0.717) is 12.3 Å². The molecule has 150 valence electrons. The highest BCUT2D eigenvalue weighted by Crippen LogP contribution is 2.22. The first-order chi connectivity index (χ1) is 13.4. The Morgan fingerprint density at radius 3 is 2.43 bits per heavy atom. The van der Waals surface area contributed by atoms with Crippen molar-refractivity contribution < 1.29 is 19.1 Å². The lowest BCUT2D eigenvalue weighted by Gasteiger charge is -2.25. The van der Waals surface area contributed by atoms with Crippen LogP contribution in [-0.2, 0) is 16.0 Å². The van der Waals surface area contributed by atoms with Gasteiger partial charge in [0.15, 0.2) is 6.61 Å². The van der Waals surface area contributed by atoms with E-state index in [-0.39, 0.29) is 30.9 Å². The molecule has 0 aromatic heterocycles. The van der Waals surface area contributed by atoms with Crippen molar-refractivity contribution in [3.8, 4) is 11.5 Å². The van der Waals surface area contributed by atoms with Crippen molar-refractivity contribution >= 4 is 11.8 Å². The van der Waals surface area contributed by atoms with Gasteiger partial charge in [0.2, 0.25) is 5.91 Å². The Kier molecular flexibility index (Phi) is 7.83. The van der Waals surface area contributed by atoms with E-state index in [1.54, 1.807) is 31.4 Å². The molecule has 0 aliphatic rings. The minimum absolute atomic E-state index is 0.00660. The van der Waals surface area contributed by atoms with Crippen molar-refractivity contribution in [3.63, 3.8) is 0 Å². The van der Waals surface area contributed by atoms with Crippen LogP contribution in [0.1, 0.15) is 17.2 Å². The van der Waals surface area contributed by atoms with Gasteiger partial charge in [-0.2, -0.15) is 0 Å². The molecule has 1 atom stereocenters. The van der Waals surface area contributed by atoms with Gasteiger partial charge in [-0.05, 0) is 49.5 Å². The lowest BCUT2D eigenvalue weighted by Crippen LogP contribution is -2.36. The zero-order valence-electron chi connectivity index (χ0n) is 16.5. The Morgan fingerprint density at radius 1 is 1.11 bits per heavy atom. The number of carbonyl (C=O) groups is 2. The molecular weight excluding hydrogens is 358 g/mol. The Morgan fingerprint density at radius 2 is 1.82 bits per heavy atom. The van der Waals surface area contributed by atoms with Gasteiger partial charge in [-0.15, -0.1) is 0 Å². The molecule has 28 heavy (non-hydrogen) atoms. The zero-order chi connectivity index (χ0) is 20.5. The van der Waals surface area contributed by atoms with Crippen LogP contribution in [0.5, 0.6) is 11.5 Å². The topological polar surface area (TPSA) is 93.9 Å². The van der Waals surface area contributed by atoms with Gasteiger partial charge in [0.25, 0.3) is 5.91 Å². The molecule has 0 spiro atoms. The van der Waals surface area contributed by atoms with Gasteiger partial charge in [-0.1, -0.05) is 24.3 Å². The van der Waals surface area contributed by atoms with E-state index in [2.05, 4.69) is 5.32 Å². The quantitative estimate of drug-likeness (QED) is 0.647. The molecule has 1 unspecified atom stereocenters. The smallest absolute Gasteiger partial charge is 0.258 e. The molecule has 0 saturated carbocycles. The molecule has 0 bridgehead atoms. The number of primary amides is 1. The molecule has 7 nitrogen and oxygen atoms in total. The molecular formula is C21H27N3O4. The molecule has 0 aliphatic heterocycles. The number of amides is 2. The number of carbonyl (C=O) groups excluding carboxylic acids is 2. The normalized spacial score (nSPS) is 11.7. The van der Waals surface area contributed by atoms with E-state index >= 15 is 0 Å². The molecule has 3 N–H and O–H groups in total. The molecule has 0 fully saturated rings. The molecule has 0 radical (unpaired) electrons. The maximum atomic E-state index is 12.2. The number of likely N-dealkylation sites (N-methyl/N-ethyl adjacent to an activating group) is 1. The van der Waals surface area contributed by atoms with Crippen molar-refractivity contribution in [1.29, 1.82) is 0 Å². The average Bonchev–Trinajstić information content (AvgIpc) is 2.67. The lowest BCUT2D eigenvalue weighted by molar-refractivity contribution is -0.123. The minimum Gasteiger partial charge on any atom is -0.497 e. The van der Waals surface area contributed by atoms with E-state index < -0.39 is 0 Å². The highest BCUT2D eigenvalue weighted by molar-refractivity contribution is 5.77. The van der Waals surface area contributed by atoms with Crippen molar-refractivity contribution in [2.24, 2.45) is 5.73 Å². The number of hydrogen-bond donors (Lipinski definition) is 2. The van der Waals surface area contributed by atoms with Crippen LogP contribution >= 0.6 is 0 Å². The van der Waals surface area contributed by atoms with Crippen LogP contribution in [0.3, 0.4) is 0 Å². The number of nitrogens with two attached hydrogens (primary N) is 1. The number of nitrogens with zero attached hydrogens (tertiary/aromatic N) is 1. The van der Waals surface area contributed by atoms with Crippen LogP contribution in [0.4, 0.5) is 0 Å². The maximum absolute atomic E-state index is 12.2. The third-order valence-electron chi connectivity index (χ3n) is 4.27. The summed E-state index contributed by atoms with van der Waals surface area (Å²) in [7, 11) is 5.55. The van der Waals surface area contributed by atoms with Gasteiger partial charge in [0, 0.05) is 6.54 Å². The van der Waals surface area contributed by atoms with Crippen LogP contribution in [0.2, 0.25) is 0 Å². The molecule has 2 aromatic carbocycles. The summed E-state index contributed by atoms with van der Waals surface area (Å²) < 4.78 is 10.8. The fourth-order valence-electron chi connectivity index (χ4n) is 2.76. The number of benzene rings is 2. The van der Waals surface area contributed by atoms with E-state index in [1.165, 1.54) is 0 Å². The predicted octanol–water partition coefficient (Wildman–Crippen LogP) is 1.52. The Bertz CT molecular complexity index is 790. The highest BCUT2D eigenvalue weighted by atomic mass is 16.5. The summed E-state index contributed by atoms with van der Waals surface area (Å²) in [6.45, 7) is 0.354. The van der Waals surface area contributed by atoms with Crippen LogP contribution in [0.25, 0.3) is 0 Å². The van der Waals surface area contributed by atoms with Gasteiger partial charge in [-0.3, -0.25) is 9.59 Å². The first-order valence-corrected chi connectivity index (χ1v) is 8.96. The fourth-order valence-corrected chi connectivity index (χ4v) is 2.76. The summed E-state index contributed by atoms with van der Waals surface area (Å²) in [5, 5.41) is 2.90. The minimum atomic E-state index is -0.389. The SMILES string of the molecule is COc1cccc(C(CNC(=O)COc2ccc(CC(N)=O)cc2)N(C)C)c1. The van der Waals surface area contributed by atoms with Gasteiger partial charge in [0.05, 0.1) is 19.6 Å². The van der Waals surface area contributed by atoms with Crippen LogP contribution in [0, 0.1) is 0 Å². The second kappa shape index (κ2) is 10.3. The summed E-state index contributed by atoms with van der Waals surface area (Å²) in [5.41, 5.74) is 7.02. The van der Waals surface area contributed by atoms with Gasteiger partial charge >= 0.3 is 0 Å².